The third-order valence-electron chi connectivity index (χ3n) is 4.32. The van der Waals surface area contributed by atoms with E-state index in [9.17, 15) is 0 Å². The molecule has 0 N–H and O–H groups in total. The van der Waals surface area contributed by atoms with Crippen LogP contribution in [-0.2, 0) is 0 Å². The average molecular weight is 274 g/mol. The van der Waals surface area contributed by atoms with Gasteiger partial charge in [0.2, 0.25) is 0 Å². The van der Waals surface area contributed by atoms with Crippen molar-refractivity contribution in [3.8, 4) is 0 Å². The van der Waals surface area contributed by atoms with Crippen molar-refractivity contribution in [3.05, 3.63) is 30.3 Å². The quantitative estimate of drug-likeness (QED) is 0.537. The first-order valence-electron chi connectivity index (χ1n) is 8.65. The fraction of sp³-hybridized carbons (Fsp3) is 0.667. The summed E-state index contributed by atoms with van der Waals surface area (Å²) in [6.45, 7) is 11.0. The molecule has 0 bridgehead atoms. The van der Waals surface area contributed by atoms with E-state index in [4.69, 9.17) is 0 Å². The molecule has 1 nitrogen and oxygen atoms in total. The number of rotatable bonds is 11. The van der Waals surface area contributed by atoms with Crippen molar-refractivity contribution >= 4 is 12.9 Å². The van der Waals surface area contributed by atoms with Gasteiger partial charge in [-0.2, -0.15) is 0 Å². The summed E-state index contributed by atoms with van der Waals surface area (Å²) in [7, 11) is 1.22. The Bertz CT molecular complexity index is 315. The van der Waals surface area contributed by atoms with E-state index in [2.05, 4.69) is 51.1 Å². The third-order valence-corrected chi connectivity index (χ3v) is 4.32. The first-order valence-corrected chi connectivity index (χ1v) is 8.65. The third kappa shape index (κ3) is 6.13. The second kappa shape index (κ2) is 10.0. The predicted molar refractivity (Wildman–Crippen MR) is 92.8 cm³/mol. The second-order valence-corrected chi connectivity index (χ2v) is 6.22. The Morgan fingerprint density at radius 2 is 1.20 bits per heavy atom. The van der Waals surface area contributed by atoms with Crippen molar-refractivity contribution in [1.29, 1.82) is 0 Å². The molecule has 1 rings (SSSR count). The van der Waals surface area contributed by atoms with Crippen LogP contribution in [0.25, 0.3) is 0 Å². The van der Waals surface area contributed by atoms with Crippen LogP contribution in [0.1, 0.15) is 59.3 Å². The van der Waals surface area contributed by atoms with E-state index in [1.165, 1.54) is 75.4 Å². The van der Waals surface area contributed by atoms with Gasteiger partial charge in [-0.3, -0.25) is 0 Å². The van der Waals surface area contributed by atoms with Crippen molar-refractivity contribution in [2.24, 2.45) is 0 Å². The standard InChI is InChI=1S/C18H33BN/c1-4-7-15-20(16-8-5-2,17-9-6-3)19-18-13-11-10-12-14-18/h10-14,19H,4-9,15-17H2,1-3H3/q+1. The highest BCUT2D eigenvalue weighted by Crippen LogP contribution is 2.13. The van der Waals surface area contributed by atoms with Crippen molar-refractivity contribution in [2.75, 3.05) is 19.6 Å². The highest BCUT2D eigenvalue weighted by atomic mass is 15.3. The maximum Gasteiger partial charge on any atom is 0.424 e. The van der Waals surface area contributed by atoms with Gasteiger partial charge in [0.15, 0.2) is 0 Å². The Morgan fingerprint density at radius 1 is 0.750 bits per heavy atom. The van der Waals surface area contributed by atoms with E-state index in [-0.39, 0.29) is 0 Å². The zero-order chi connectivity index (χ0) is 14.7. The van der Waals surface area contributed by atoms with Crippen LogP contribution in [0.5, 0.6) is 0 Å². The normalized spacial score (nSPS) is 11.6. The number of hydrogen-bond acceptors (Lipinski definition) is 0. The van der Waals surface area contributed by atoms with Gasteiger partial charge in [-0.05, 0) is 24.7 Å². The second-order valence-electron chi connectivity index (χ2n) is 6.22. The number of unbranched alkanes of at least 4 members (excludes halogenated alkanes) is 3. The van der Waals surface area contributed by atoms with Gasteiger partial charge in [-0.15, -0.1) is 0 Å². The maximum atomic E-state index is 2.32. The molecule has 0 amide bonds. The number of nitrogens with zero attached hydrogens (tertiary/aromatic N) is 1. The molecule has 0 aliphatic heterocycles. The molecular weight excluding hydrogens is 241 g/mol. The SMILES string of the molecule is CCCC[N+](Bc1ccccc1)(CCCC)CCCC. The predicted octanol–water partition coefficient (Wildman–Crippen LogP) is 3.88. The van der Waals surface area contributed by atoms with Gasteiger partial charge in [0.25, 0.3) is 0 Å². The van der Waals surface area contributed by atoms with E-state index < -0.39 is 0 Å². The molecule has 0 radical (unpaired) electrons. The lowest BCUT2D eigenvalue weighted by Crippen LogP contribution is -2.56. The molecule has 1 aromatic carbocycles. The molecule has 0 atom stereocenters. The van der Waals surface area contributed by atoms with Gasteiger partial charge in [0, 0.05) is 0 Å². The molecule has 0 saturated heterocycles. The van der Waals surface area contributed by atoms with Crippen LogP contribution in [0.4, 0.5) is 0 Å². The summed E-state index contributed by atoms with van der Waals surface area (Å²) in [5, 5.41) is 0. The monoisotopic (exact) mass is 274 g/mol. The van der Waals surface area contributed by atoms with E-state index in [0.717, 1.165) is 0 Å². The van der Waals surface area contributed by atoms with Crippen LogP contribution in [0.15, 0.2) is 30.3 Å². The molecule has 0 unspecified atom stereocenters. The summed E-state index contributed by atoms with van der Waals surface area (Å²) in [5.74, 6) is 0. The van der Waals surface area contributed by atoms with E-state index >= 15 is 0 Å². The Balaban J connectivity index is 2.81. The van der Waals surface area contributed by atoms with Crippen molar-refractivity contribution in [3.63, 3.8) is 0 Å². The fourth-order valence-electron chi connectivity index (χ4n) is 3.02. The summed E-state index contributed by atoms with van der Waals surface area (Å²) >= 11 is 0. The summed E-state index contributed by atoms with van der Waals surface area (Å²) in [5.41, 5.74) is 1.51. The fourth-order valence-corrected chi connectivity index (χ4v) is 3.02. The molecule has 0 aliphatic carbocycles. The Kier molecular flexibility index (Phi) is 8.68. The summed E-state index contributed by atoms with van der Waals surface area (Å²) in [4.78, 5) is 0. The molecule has 0 spiro atoms. The Morgan fingerprint density at radius 3 is 1.60 bits per heavy atom. The van der Waals surface area contributed by atoms with Crippen LogP contribution in [0, 0.1) is 0 Å². The van der Waals surface area contributed by atoms with Crippen molar-refractivity contribution in [2.45, 2.75) is 59.3 Å². The first-order chi connectivity index (χ1) is 9.76. The van der Waals surface area contributed by atoms with E-state index in [1.54, 1.807) is 0 Å². The molecule has 1 aromatic rings. The Labute approximate surface area is 127 Å². The molecule has 0 aliphatic rings. The van der Waals surface area contributed by atoms with Gasteiger partial charge in [0.05, 0.1) is 19.6 Å². The highest BCUT2D eigenvalue weighted by molar-refractivity contribution is 6.46. The number of benzene rings is 1. The molecule has 20 heavy (non-hydrogen) atoms. The minimum Gasteiger partial charge on any atom is -0.392 e. The van der Waals surface area contributed by atoms with Gasteiger partial charge in [-0.1, -0.05) is 70.4 Å². The van der Waals surface area contributed by atoms with Crippen LogP contribution in [0.2, 0.25) is 0 Å². The lowest BCUT2D eigenvalue weighted by molar-refractivity contribution is -0.822. The molecular formula is C18H33BN+. The lowest BCUT2D eigenvalue weighted by atomic mass is 9.76. The molecule has 0 fully saturated rings. The summed E-state index contributed by atoms with van der Waals surface area (Å²) in [6.07, 6.45) is 8.02. The molecule has 112 valence electrons. The molecule has 2 heteroatoms. The zero-order valence-corrected chi connectivity index (χ0v) is 13.9. The van der Waals surface area contributed by atoms with Crippen LogP contribution < -0.4 is 5.46 Å². The largest absolute Gasteiger partial charge is 0.424 e. The minimum absolute atomic E-state index is 1.22. The molecule has 0 heterocycles. The van der Waals surface area contributed by atoms with Crippen molar-refractivity contribution in [1.82, 2.24) is 0 Å². The van der Waals surface area contributed by atoms with E-state index in [1.807, 2.05) is 0 Å². The van der Waals surface area contributed by atoms with Gasteiger partial charge < -0.3 is 4.39 Å². The number of quaternary nitrogens is 1. The first kappa shape index (κ1) is 17.3. The highest BCUT2D eigenvalue weighted by Gasteiger charge is 2.28. The van der Waals surface area contributed by atoms with Crippen molar-refractivity contribution < 1.29 is 4.39 Å². The van der Waals surface area contributed by atoms with Crippen LogP contribution in [0.3, 0.4) is 0 Å². The van der Waals surface area contributed by atoms with Gasteiger partial charge in [0.1, 0.15) is 0 Å². The minimum atomic E-state index is 1.22. The Hall–Kier alpha value is -0.755. The van der Waals surface area contributed by atoms with Gasteiger partial charge >= 0.3 is 7.41 Å². The average Bonchev–Trinajstić information content (AvgIpc) is 2.49. The maximum absolute atomic E-state index is 2.32. The summed E-state index contributed by atoms with van der Waals surface area (Å²) < 4.78 is 1.31. The van der Waals surface area contributed by atoms with E-state index in [0.29, 0.717) is 0 Å². The molecule has 0 aromatic heterocycles. The molecule has 0 saturated carbocycles. The van der Waals surface area contributed by atoms with Crippen LogP contribution >= 0.6 is 0 Å². The zero-order valence-electron chi connectivity index (χ0n) is 13.9. The summed E-state index contributed by atoms with van der Waals surface area (Å²) in [6, 6.07) is 11.1. The van der Waals surface area contributed by atoms with Crippen LogP contribution in [-0.4, -0.2) is 31.4 Å². The van der Waals surface area contributed by atoms with Gasteiger partial charge in [-0.25, -0.2) is 0 Å². The number of hydrogen-bond donors (Lipinski definition) is 0. The lowest BCUT2D eigenvalue weighted by Gasteiger charge is -2.40. The topological polar surface area (TPSA) is 0 Å². The smallest absolute Gasteiger partial charge is 0.392 e.